The molecule has 0 aromatic carbocycles. The Kier molecular flexibility index (Phi) is 7.25. The zero-order valence-corrected chi connectivity index (χ0v) is 13.2. The smallest absolute Gasteiger partial charge is 0.0220 e. The number of rotatable bonds is 10. The van der Waals surface area contributed by atoms with E-state index in [9.17, 15) is 0 Å². The summed E-state index contributed by atoms with van der Waals surface area (Å²) in [6.07, 6.45) is 5.42. The monoisotopic (exact) mass is 254 g/mol. The van der Waals surface area contributed by atoms with E-state index in [0.717, 1.165) is 18.4 Å². The fraction of sp³-hybridized carbons (Fsp3) is 1.00. The van der Waals surface area contributed by atoms with E-state index in [-0.39, 0.29) is 0 Å². The van der Waals surface area contributed by atoms with Crippen LogP contribution in [0, 0.1) is 11.8 Å². The van der Waals surface area contributed by atoms with Gasteiger partial charge < -0.3 is 5.32 Å². The zero-order valence-electron chi connectivity index (χ0n) is 13.2. The van der Waals surface area contributed by atoms with Crippen LogP contribution in [-0.2, 0) is 0 Å². The van der Waals surface area contributed by atoms with E-state index in [1.807, 2.05) is 0 Å². The fourth-order valence-electron chi connectivity index (χ4n) is 2.44. The second-order valence-electron chi connectivity index (χ2n) is 6.44. The van der Waals surface area contributed by atoms with Gasteiger partial charge in [0.1, 0.15) is 0 Å². The van der Waals surface area contributed by atoms with Crippen molar-refractivity contribution in [2.45, 2.75) is 72.4 Å². The van der Waals surface area contributed by atoms with Gasteiger partial charge in [-0.25, -0.2) is 0 Å². The number of nitrogens with zero attached hydrogens (tertiary/aromatic N) is 1. The predicted octanol–water partition coefficient (Wildman–Crippen LogP) is 3.52. The summed E-state index contributed by atoms with van der Waals surface area (Å²) in [7, 11) is 0. The molecule has 0 heterocycles. The van der Waals surface area contributed by atoms with Gasteiger partial charge in [-0.1, -0.05) is 27.2 Å². The molecule has 0 aliphatic heterocycles. The first kappa shape index (κ1) is 16.0. The van der Waals surface area contributed by atoms with Crippen LogP contribution in [0.25, 0.3) is 0 Å². The van der Waals surface area contributed by atoms with Gasteiger partial charge in [0.2, 0.25) is 0 Å². The van der Waals surface area contributed by atoms with Gasteiger partial charge in [-0.2, -0.15) is 0 Å². The molecule has 0 aromatic rings. The molecule has 0 amide bonds. The molecule has 1 saturated carbocycles. The summed E-state index contributed by atoms with van der Waals surface area (Å²) in [5, 5.41) is 3.76. The lowest BCUT2D eigenvalue weighted by molar-refractivity contribution is 0.168. The van der Waals surface area contributed by atoms with E-state index < -0.39 is 0 Å². The van der Waals surface area contributed by atoms with Crippen LogP contribution in [0.3, 0.4) is 0 Å². The van der Waals surface area contributed by atoms with E-state index in [4.69, 9.17) is 0 Å². The molecule has 1 fully saturated rings. The van der Waals surface area contributed by atoms with Crippen LogP contribution in [0.1, 0.15) is 60.3 Å². The third kappa shape index (κ3) is 5.71. The van der Waals surface area contributed by atoms with Gasteiger partial charge in [-0.05, 0) is 51.5 Å². The van der Waals surface area contributed by atoms with Crippen molar-refractivity contribution in [2.24, 2.45) is 11.8 Å². The highest BCUT2D eigenvalue weighted by Gasteiger charge is 2.27. The van der Waals surface area contributed by atoms with Gasteiger partial charge in [-0.3, -0.25) is 4.90 Å². The maximum atomic E-state index is 3.76. The maximum Gasteiger partial charge on any atom is 0.0220 e. The minimum Gasteiger partial charge on any atom is -0.312 e. The van der Waals surface area contributed by atoms with Crippen molar-refractivity contribution >= 4 is 0 Å². The first-order chi connectivity index (χ1) is 8.58. The third-order valence-electron chi connectivity index (χ3n) is 4.34. The van der Waals surface area contributed by atoms with Crippen LogP contribution in [0.4, 0.5) is 0 Å². The van der Waals surface area contributed by atoms with Gasteiger partial charge in [-0.15, -0.1) is 0 Å². The van der Waals surface area contributed by atoms with E-state index in [1.54, 1.807) is 0 Å². The molecule has 0 spiro atoms. The Hall–Kier alpha value is -0.0800. The summed E-state index contributed by atoms with van der Waals surface area (Å²) in [5.74, 6) is 1.77. The molecular weight excluding hydrogens is 220 g/mol. The van der Waals surface area contributed by atoms with Crippen molar-refractivity contribution in [2.75, 3.05) is 19.6 Å². The highest BCUT2D eigenvalue weighted by molar-refractivity contribution is 4.83. The SMILES string of the molecule is CCCNC(CN(CC1CC1)C(C)C)C(C)CC. The highest BCUT2D eigenvalue weighted by Crippen LogP contribution is 2.30. The van der Waals surface area contributed by atoms with Gasteiger partial charge in [0, 0.05) is 25.2 Å². The van der Waals surface area contributed by atoms with Gasteiger partial charge >= 0.3 is 0 Å². The highest BCUT2D eigenvalue weighted by atomic mass is 15.2. The fourth-order valence-corrected chi connectivity index (χ4v) is 2.44. The molecule has 2 nitrogen and oxygen atoms in total. The Labute approximate surface area is 115 Å². The molecule has 1 aliphatic rings. The van der Waals surface area contributed by atoms with Crippen LogP contribution in [0.15, 0.2) is 0 Å². The average Bonchev–Trinajstić information content (AvgIpc) is 3.15. The maximum absolute atomic E-state index is 3.76. The Balaban J connectivity index is 2.47. The van der Waals surface area contributed by atoms with E-state index in [1.165, 1.54) is 38.8 Å². The second kappa shape index (κ2) is 8.16. The molecule has 0 bridgehead atoms. The number of hydrogen-bond acceptors (Lipinski definition) is 2. The lowest BCUT2D eigenvalue weighted by Gasteiger charge is -2.34. The van der Waals surface area contributed by atoms with Crippen LogP contribution >= 0.6 is 0 Å². The molecule has 0 radical (unpaired) electrons. The largest absolute Gasteiger partial charge is 0.312 e. The van der Waals surface area contributed by atoms with Crippen molar-refractivity contribution in [3.63, 3.8) is 0 Å². The Morgan fingerprint density at radius 2 is 1.83 bits per heavy atom. The summed E-state index contributed by atoms with van der Waals surface area (Å²) in [6, 6.07) is 1.34. The predicted molar refractivity (Wildman–Crippen MR) is 81.0 cm³/mol. The van der Waals surface area contributed by atoms with Crippen molar-refractivity contribution in [3.05, 3.63) is 0 Å². The van der Waals surface area contributed by atoms with Crippen molar-refractivity contribution < 1.29 is 0 Å². The zero-order chi connectivity index (χ0) is 13.5. The van der Waals surface area contributed by atoms with Crippen LogP contribution < -0.4 is 5.32 Å². The second-order valence-corrected chi connectivity index (χ2v) is 6.44. The first-order valence-electron chi connectivity index (χ1n) is 8.05. The molecule has 18 heavy (non-hydrogen) atoms. The lowest BCUT2D eigenvalue weighted by Crippen LogP contribution is -2.47. The lowest BCUT2D eigenvalue weighted by atomic mass is 9.98. The molecule has 0 saturated heterocycles. The van der Waals surface area contributed by atoms with Gasteiger partial charge in [0.05, 0.1) is 0 Å². The first-order valence-corrected chi connectivity index (χ1v) is 8.05. The van der Waals surface area contributed by atoms with E-state index in [2.05, 4.69) is 44.8 Å². The average molecular weight is 254 g/mol. The topological polar surface area (TPSA) is 15.3 Å². The molecular formula is C16H34N2. The standard InChI is InChI=1S/C16H34N2/c1-6-10-17-16(14(5)7-2)12-18(13(3)4)11-15-8-9-15/h13-17H,6-12H2,1-5H3. The van der Waals surface area contributed by atoms with Crippen molar-refractivity contribution in [1.82, 2.24) is 10.2 Å². The van der Waals surface area contributed by atoms with Gasteiger partial charge in [0.15, 0.2) is 0 Å². The minimum atomic E-state index is 0.663. The minimum absolute atomic E-state index is 0.663. The Bertz CT molecular complexity index is 211. The molecule has 1 aliphatic carbocycles. The summed E-state index contributed by atoms with van der Waals surface area (Å²) in [5.41, 5.74) is 0. The molecule has 0 aromatic heterocycles. The Morgan fingerprint density at radius 3 is 2.28 bits per heavy atom. The summed E-state index contributed by atoms with van der Waals surface area (Å²) in [4.78, 5) is 2.69. The summed E-state index contributed by atoms with van der Waals surface area (Å²) < 4.78 is 0. The van der Waals surface area contributed by atoms with Crippen LogP contribution in [0.5, 0.6) is 0 Å². The molecule has 2 atom stereocenters. The quantitative estimate of drug-likeness (QED) is 0.642. The third-order valence-corrected chi connectivity index (χ3v) is 4.34. The summed E-state index contributed by atoms with van der Waals surface area (Å²) in [6.45, 7) is 15.3. The molecule has 2 heteroatoms. The molecule has 2 unspecified atom stereocenters. The van der Waals surface area contributed by atoms with E-state index in [0.29, 0.717) is 12.1 Å². The van der Waals surface area contributed by atoms with Crippen molar-refractivity contribution in [3.8, 4) is 0 Å². The number of nitrogens with one attached hydrogen (secondary N) is 1. The number of hydrogen-bond donors (Lipinski definition) is 1. The molecule has 1 N–H and O–H groups in total. The Morgan fingerprint density at radius 1 is 1.17 bits per heavy atom. The van der Waals surface area contributed by atoms with Crippen LogP contribution in [-0.4, -0.2) is 36.6 Å². The van der Waals surface area contributed by atoms with E-state index >= 15 is 0 Å². The normalized spacial score (nSPS) is 19.5. The summed E-state index contributed by atoms with van der Waals surface area (Å²) >= 11 is 0. The molecule has 108 valence electrons. The van der Waals surface area contributed by atoms with Crippen LogP contribution in [0.2, 0.25) is 0 Å². The van der Waals surface area contributed by atoms with Crippen molar-refractivity contribution in [1.29, 1.82) is 0 Å². The van der Waals surface area contributed by atoms with Gasteiger partial charge in [0.25, 0.3) is 0 Å². The molecule has 1 rings (SSSR count).